The monoisotopic (exact) mass is 425 g/mol. The molecule has 31 heavy (non-hydrogen) atoms. The van der Waals surface area contributed by atoms with E-state index in [-0.39, 0.29) is 11.8 Å². The number of aryl methyl sites for hydroxylation is 1. The van der Waals surface area contributed by atoms with Crippen LogP contribution in [0.4, 0.5) is 0 Å². The van der Waals surface area contributed by atoms with Gasteiger partial charge < -0.3 is 9.84 Å². The van der Waals surface area contributed by atoms with Gasteiger partial charge in [0.15, 0.2) is 0 Å². The SMILES string of the molecule is [CH2+]C(CC(=O)O)C(=O)Oc1cc(C)c2c(c1)C[C@H]1[C@@]2(C)CCC2C(C)(C)CCC[C@@]21C. The Labute approximate surface area is 186 Å². The minimum atomic E-state index is -1.04. The van der Waals surface area contributed by atoms with Crippen LogP contribution in [0.15, 0.2) is 12.1 Å². The molecule has 0 aliphatic heterocycles. The smallest absolute Gasteiger partial charge is 0.360 e. The first kappa shape index (κ1) is 22.2. The number of esters is 1. The highest BCUT2D eigenvalue weighted by molar-refractivity contribution is 5.81. The Kier molecular flexibility index (Phi) is 5.22. The van der Waals surface area contributed by atoms with Crippen molar-refractivity contribution in [3.8, 4) is 5.75 Å². The average molecular weight is 426 g/mol. The minimum Gasteiger partial charge on any atom is -0.481 e. The lowest BCUT2D eigenvalue weighted by atomic mass is 9.43. The van der Waals surface area contributed by atoms with Gasteiger partial charge in [-0.2, -0.15) is 0 Å². The number of carbonyl (C=O) groups excluding carboxylic acids is 1. The van der Waals surface area contributed by atoms with Gasteiger partial charge in [-0.25, -0.2) is 4.79 Å². The van der Waals surface area contributed by atoms with Crippen LogP contribution < -0.4 is 4.74 Å². The van der Waals surface area contributed by atoms with Crippen LogP contribution in [0.2, 0.25) is 0 Å². The summed E-state index contributed by atoms with van der Waals surface area (Å²) in [5, 5.41) is 8.92. The highest BCUT2D eigenvalue weighted by Gasteiger charge is 2.61. The number of fused-ring (bicyclic) bond motifs is 5. The van der Waals surface area contributed by atoms with E-state index in [1.54, 1.807) is 0 Å². The second-order valence-corrected chi connectivity index (χ2v) is 11.6. The van der Waals surface area contributed by atoms with Crippen LogP contribution in [-0.4, -0.2) is 17.0 Å². The van der Waals surface area contributed by atoms with Gasteiger partial charge >= 0.3 is 11.9 Å². The summed E-state index contributed by atoms with van der Waals surface area (Å²) in [4.78, 5) is 23.2. The zero-order valence-corrected chi connectivity index (χ0v) is 19.7. The van der Waals surface area contributed by atoms with Gasteiger partial charge in [-0.05, 0) is 95.9 Å². The van der Waals surface area contributed by atoms with Gasteiger partial charge in [0, 0.05) is 0 Å². The third kappa shape index (κ3) is 3.47. The predicted octanol–water partition coefficient (Wildman–Crippen LogP) is 5.88. The lowest BCUT2D eigenvalue weighted by molar-refractivity contribution is -0.145. The van der Waals surface area contributed by atoms with Gasteiger partial charge in [0.25, 0.3) is 0 Å². The van der Waals surface area contributed by atoms with Gasteiger partial charge in [0.1, 0.15) is 5.75 Å². The molecule has 0 saturated heterocycles. The molecule has 5 atom stereocenters. The van der Waals surface area contributed by atoms with Crippen LogP contribution in [0.5, 0.6) is 5.75 Å². The van der Waals surface area contributed by atoms with Crippen molar-refractivity contribution in [1.29, 1.82) is 0 Å². The molecule has 0 heterocycles. The van der Waals surface area contributed by atoms with Crippen molar-refractivity contribution in [2.45, 2.75) is 85.0 Å². The van der Waals surface area contributed by atoms with E-state index in [0.29, 0.717) is 22.5 Å². The van der Waals surface area contributed by atoms with E-state index in [1.165, 1.54) is 48.8 Å². The first-order valence-electron chi connectivity index (χ1n) is 11.8. The van der Waals surface area contributed by atoms with E-state index in [0.717, 1.165) is 12.3 Å². The number of hydrogen-bond acceptors (Lipinski definition) is 3. The molecule has 1 aromatic carbocycles. The minimum absolute atomic E-state index is 0.165. The molecule has 1 N–H and O–H groups in total. The Morgan fingerprint density at radius 1 is 1.16 bits per heavy atom. The maximum Gasteiger partial charge on any atom is 0.360 e. The molecule has 4 nitrogen and oxygen atoms in total. The molecule has 0 aromatic heterocycles. The fourth-order valence-corrected chi connectivity index (χ4v) is 7.98. The summed E-state index contributed by atoms with van der Waals surface area (Å²) in [5.41, 5.74) is 4.83. The van der Waals surface area contributed by atoms with Gasteiger partial charge in [-0.1, -0.05) is 34.1 Å². The van der Waals surface area contributed by atoms with E-state index >= 15 is 0 Å². The van der Waals surface area contributed by atoms with Crippen LogP contribution in [0.25, 0.3) is 0 Å². The molecule has 0 radical (unpaired) electrons. The number of rotatable bonds is 4. The third-order valence-corrected chi connectivity index (χ3v) is 9.15. The molecule has 4 heteroatoms. The Balaban J connectivity index is 1.65. The van der Waals surface area contributed by atoms with Crippen molar-refractivity contribution in [2.75, 3.05) is 0 Å². The standard InChI is InChI=1S/C27H36O4/c1-16-12-19(31-24(30)17(2)13-22(28)29)14-18-15-21-26(5)10-7-9-25(3,4)20(26)8-11-27(21,6)23(16)18/h12,14,17,20-21H,2,7-11,13,15H2,1,3-6H3/p+1/t17?,20?,21-,26+,27-/m1/s1. The van der Waals surface area contributed by atoms with Crippen molar-refractivity contribution in [2.24, 2.45) is 28.6 Å². The maximum absolute atomic E-state index is 12.3. The molecule has 2 unspecified atom stereocenters. The van der Waals surface area contributed by atoms with Gasteiger partial charge in [0.2, 0.25) is 5.92 Å². The largest absolute Gasteiger partial charge is 0.481 e. The maximum atomic E-state index is 12.3. The zero-order chi connectivity index (χ0) is 22.8. The third-order valence-electron chi connectivity index (χ3n) is 9.15. The summed E-state index contributed by atoms with van der Waals surface area (Å²) in [7, 11) is 0. The Hall–Kier alpha value is -1.97. The number of carbonyl (C=O) groups is 2. The highest BCUT2D eigenvalue weighted by Crippen LogP contribution is 2.67. The lowest BCUT2D eigenvalue weighted by Crippen LogP contribution is -2.55. The number of carboxylic acids is 1. The van der Waals surface area contributed by atoms with E-state index in [9.17, 15) is 9.59 Å². The van der Waals surface area contributed by atoms with Crippen LogP contribution in [0.3, 0.4) is 0 Å². The van der Waals surface area contributed by atoms with Crippen molar-refractivity contribution in [3.05, 3.63) is 35.7 Å². The summed E-state index contributed by atoms with van der Waals surface area (Å²) in [6.07, 6.45) is 7.14. The fourth-order valence-electron chi connectivity index (χ4n) is 7.98. The average Bonchev–Trinajstić information content (AvgIpc) is 2.94. The number of carboxylic acid groups (broad SMARTS) is 1. The number of hydrogen-bond donors (Lipinski definition) is 1. The normalized spacial score (nSPS) is 34.2. The lowest BCUT2D eigenvalue weighted by Gasteiger charge is -2.61. The van der Waals surface area contributed by atoms with Crippen LogP contribution in [0, 0.1) is 42.4 Å². The van der Waals surface area contributed by atoms with Crippen LogP contribution in [-0.2, 0) is 21.4 Å². The van der Waals surface area contributed by atoms with Gasteiger partial charge in [-0.15, -0.1) is 0 Å². The number of ether oxygens (including phenoxy) is 1. The quantitative estimate of drug-likeness (QED) is 0.372. The summed E-state index contributed by atoms with van der Waals surface area (Å²) in [6.45, 7) is 15.7. The van der Waals surface area contributed by atoms with Crippen molar-refractivity contribution >= 4 is 11.9 Å². The summed E-state index contributed by atoms with van der Waals surface area (Å²) < 4.78 is 5.57. The Morgan fingerprint density at radius 2 is 1.87 bits per heavy atom. The Morgan fingerprint density at radius 3 is 2.55 bits per heavy atom. The topological polar surface area (TPSA) is 63.6 Å². The molecule has 1 aromatic rings. The molecule has 3 aliphatic carbocycles. The molecular formula is C27H37O4+. The number of aliphatic carboxylic acids is 1. The summed E-state index contributed by atoms with van der Waals surface area (Å²) >= 11 is 0. The van der Waals surface area contributed by atoms with E-state index < -0.39 is 17.9 Å². The van der Waals surface area contributed by atoms with Crippen molar-refractivity contribution < 1.29 is 19.4 Å². The Bertz CT molecular complexity index is 916. The molecule has 0 spiro atoms. The molecule has 168 valence electrons. The van der Waals surface area contributed by atoms with Crippen molar-refractivity contribution in [1.82, 2.24) is 0 Å². The molecule has 0 amide bonds. The zero-order valence-electron chi connectivity index (χ0n) is 19.7. The molecule has 2 fully saturated rings. The molecule has 0 bridgehead atoms. The second-order valence-electron chi connectivity index (χ2n) is 11.6. The molecular weight excluding hydrogens is 388 g/mol. The molecule has 2 saturated carbocycles. The van der Waals surface area contributed by atoms with Crippen molar-refractivity contribution in [3.63, 3.8) is 0 Å². The fraction of sp³-hybridized carbons (Fsp3) is 0.667. The first-order chi connectivity index (χ1) is 14.4. The van der Waals surface area contributed by atoms with Gasteiger partial charge in [0.05, 0.1) is 13.3 Å². The first-order valence-corrected chi connectivity index (χ1v) is 11.8. The van der Waals surface area contributed by atoms with Gasteiger partial charge in [-0.3, -0.25) is 4.79 Å². The van der Waals surface area contributed by atoms with Crippen LogP contribution in [0.1, 0.15) is 82.9 Å². The summed E-state index contributed by atoms with van der Waals surface area (Å²) in [6, 6.07) is 3.99. The summed E-state index contributed by atoms with van der Waals surface area (Å²) in [5.74, 6) is -0.655. The number of benzene rings is 1. The van der Waals surface area contributed by atoms with Crippen LogP contribution >= 0.6 is 0 Å². The van der Waals surface area contributed by atoms with E-state index in [4.69, 9.17) is 9.84 Å². The van der Waals surface area contributed by atoms with E-state index in [1.807, 2.05) is 12.1 Å². The second kappa shape index (κ2) is 7.28. The molecule has 3 aliphatic rings. The molecule has 4 rings (SSSR count). The van der Waals surface area contributed by atoms with E-state index in [2.05, 4.69) is 41.5 Å². The highest BCUT2D eigenvalue weighted by atomic mass is 16.5. The predicted molar refractivity (Wildman–Crippen MR) is 121 cm³/mol.